The molecule has 0 aliphatic carbocycles. The van der Waals surface area contributed by atoms with E-state index in [0.29, 0.717) is 147 Å². The van der Waals surface area contributed by atoms with E-state index in [9.17, 15) is 36.1 Å². The van der Waals surface area contributed by atoms with Crippen molar-refractivity contribution in [3.8, 4) is 0 Å². The van der Waals surface area contributed by atoms with Crippen LogP contribution in [0.15, 0.2) is 179 Å². The fourth-order valence-corrected chi connectivity index (χ4v) is 16.9. The minimum atomic E-state index is -3.74. The Labute approximate surface area is 750 Å². The molecule has 3 N–H and O–H groups in total. The van der Waals surface area contributed by atoms with Gasteiger partial charge in [0.2, 0.25) is 0 Å². The average Bonchev–Trinajstić information content (AvgIpc) is 0.696. The van der Waals surface area contributed by atoms with E-state index in [1.165, 1.54) is 36.4 Å². The second-order valence-corrected chi connectivity index (χ2v) is 33.0. The summed E-state index contributed by atoms with van der Waals surface area (Å²) in [4.78, 5) is 63.7. The van der Waals surface area contributed by atoms with Gasteiger partial charge in [0.1, 0.15) is 40.8 Å². The van der Waals surface area contributed by atoms with E-state index in [1.54, 1.807) is 30.3 Å². The third kappa shape index (κ3) is 22.3. The molecule has 18 rings (SSSR count). The number of benzene rings is 9. The first-order chi connectivity index (χ1) is 67.9. The smallest absolute Gasteiger partial charge is 0.257 e. The summed E-state index contributed by atoms with van der Waals surface area (Å²) < 4.78 is 251. The molecular formula is C101H114F4N12O6. The predicted octanol–water partition coefficient (Wildman–Crippen LogP) is 15.2. The first-order valence-corrected chi connectivity index (χ1v) is 42.0. The van der Waals surface area contributed by atoms with Crippen molar-refractivity contribution >= 4 is 52.3 Å². The molecular weight excluding hydrogens is 1550 g/mol. The maximum Gasteiger partial charge on any atom is 0.257 e. The number of nitrogens with zero attached hydrogens (tertiary/aromatic N) is 9. The van der Waals surface area contributed by atoms with Gasteiger partial charge in [-0.25, -0.2) is 17.6 Å². The highest BCUT2D eigenvalue weighted by Gasteiger charge is 2.30. The predicted molar refractivity (Wildman–Crippen MR) is 480 cm³/mol. The highest BCUT2D eigenvalue weighted by atomic mass is 19.1. The van der Waals surface area contributed by atoms with Gasteiger partial charge in [0.25, 0.3) is 17.7 Å². The third-order valence-electron chi connectivity index (χ3n) is 23.6. The number of anilines is 3. The average molecular weight is 1690 g/mol. The van der Waals surface area contributed by atoms with Crippen molar-refractivity contribution in [2.24, 2.45) is 32.7 Å². The van der Waals surface area contributed by atoms with E-state index in [2.05, 4.69) is 52.7 Å². The van der Waals surface area contributed by atoms with Crippen LogP contribution in [0.2, 0.25) is 0 Å². The number of likely N-dealkylation sites (N-methyl/N-ethyl adjacent to an activating group) is 3. The van der Waals surface area contributed by atoms with Gasteiger partial charge in [0.05, 0.1) is 38.8 Å². The van der Waals surface area contributed by atoms with Crippen LogP contribution >= 0.6 is 0 Å². The second kappa shape index (κ2) is 39.9. The molecule has 642 valence electrons. The number of nitrogens with one attached hydrogen (secondary N) is 3. The van der Waals surface area contributed by atoms with E-state index in [4.69, 9.17) is 38.9 Å². The maximum absolute atomic E-state index is 14.1. The maximum atomic E-state index is 14.1. The zero-order valence-corrected chi connectivity index (χ0v) is 69.4. The molecule has 18 nitrogen and oxygen atoms in total. The number of aryl methyl sites for hydroxylation is 2. The van der Waals surface area contributed by atoms with Crippen LogP contribution in [-0.2, 0) is 72.4 Å². The zero-order valence-electron chi connectivity index (χ0n) is 90.4. The van der Waals surface area contributed by atoms with Crippen molar-refractivity contribution in [3.63, 3.8) is 0 Å². The molecule has 0 bridgehead atoms. The van der Waals surface area contributed by atoms with E-state index in [0.717, 1.165) is 125 Å². The Bertz CT molecular complexity index is 6440. The first kappa shape index (κ1) is 63.2. The van der Waals surface area contributed by atoms with Gasteiger partial charge in [-0.2, -0.15) is 0 Å². The summed E-state index contributed by atoms with van der Waals surface area (Å²) >= 11 is 0. The largest absolute Gasteiger partial charge is 0.381 e. The molecule has 0 saturated carbocycles. The molecule has 9 aliphatic heterocycles. The summed E-state index contributed by atoms with van der Waals surface area (Å²) in [6.45, 7) is -10.0. The topological polar surface area (TPSA) is 172 Å². The van der Waals surface area contributed by atoms with Gasteiger partial charge >= 0.3 is 0 Å². The van der Waals surface area contributed by atoms with Crippen LogP contribution < -0.4 is 30.7 Å². The minimum Gasteiger partial charge on any atom is -0.381 e. The highest BCUT2D eigenvalue weighted by Crippen LogP contribution is 2.34. The molecule has 3 amide bonds. The van der Waals surface area contributed by atoms with Crippen LogP contribution in [0.3, 0.4) is 0 Å². The second-order valence-electron chi connectivity index (χ2n) is 33.0. The number of aliphatic imine (C=N–C) groups is 3. The lowest BCUT2D eigenvalue weighted by Crippen LogP contribution is -2.44. The lowest BCUT2D eigenvalue weighted by atomic mass is 9.89. The lowest BCUT2D eigenvalue weighted by Gasteiger charge is -2.34. The fraction of sp³-hybridized carbons (Fsp3) is 0.406. The Hall–Kier alpha value is -10.7. The molecule has 0 unspecified atom stereocenters. The number of amidine groups is 3. The number of fused-ring (bicyclic) bond motifs is 3. The number of ether oxygens (including phenoxy) is 3. The highest BCUT2D eigenvalue weighted by molar-refractivity contribution is 6.16. The molecule has 9 aromatic rings. The normalized spacial score (nSPS) is 22.9. The number of hydrogen-bond acceptors (Lipinski definition) is 15. The van der Waals surface area contributed by atoms with Gasteiger partial charge in [-0.1, -0.05) is 48.5 Å². The number of amides is 3. The van der Waals surface area contributed by atoms with Crippen molar-refractivity contribution in [2.75, 3.05) is 154 Å². The van der Waals surface area contributed by atoms with Crippen molar-refractivity contribution in [1.29, 1.82) is 0 Å². The summed E-state index contributed by atoms with van der Waals surface area (Å²) in [6, 6.07) is 33.5. The van der Waals surface area contributed by atoms with Crippen LogP contribution in [0.5, 0.6) is 0 Å². The molecule has 0 atom stereocenters. The van der Waals surface area contributed by atoms with Crippen molar-refractivity contribution in [1.82, 2.24) is 30.7 Å². The molecule has 9 heterocycles. The molecule has 22 heteroatoms. The number of carbonyl (C=O) groups excluding carboxylic acids is 3. The van der Waals surface area contributed by atoms with Crippen LogP contribution in [0.1, 0.15) is 193 Å². The lowest BCUT2D eigenvalue weighted by molar-refractivity contribution is 0.0663. The molecule has 6 saturated heterocycles. The summed E-state index contributed by atoms with van der Waals surface area (Å²) in [6.07, 6.45) is 4.51. The number of piperazine rings is 3. The van der Waals surface area contributed by atoms with E-state index in [1.807, 2.05) is 74.3 Å². The van der Waals surface area contributed by atoms with Gasteiger partial charge in [-0.3, -0.25) is 29.4 Å². The molecule has 123 heavy (non-hydrogen) atoms. The van der Waals surface area contributed by atoms with E-state index in [-0.39, 0.29) is 114 Å². The molecule has 9 aliphatic rings. The summed E-state index contributed by atoms with van der Waals surface area (Å²) in [5.41, 5.74) is 12.7. The first-order valence-electron chi connectivity index (χ1n) is 52.5. The summed E-state index contributed by atoms with van der Waals surface area (Å²) in [5, 5.41) is 8.68. The standard InChI is InChI=1S/2C34H39FN4O2.C33H36F2N4O2/c2*1-23-15-26(19-29(35)16-23)17-25-3-4-27-22-36-33(32(27)20-25)37-34(40)31-6-5-30(39-11-9-38(2)10-12-39)21-28(31)18-24-7-13-41-14-8-24;1-38-8-10-39(11-9-38)29-4-5-30(26(19-29)15-22-6-12-41-13-7-22)33(40)37-32-31-18-23(2-3-25(31)21-36-32)14-24-16-27(34)20-28(35)17-24/h2*3-6,15-16,19-21,24H,7-14,17-18,22H2,1-2H3,(H,36,37,40);2-5,16-20,22H,6-15,21H2,1H3,(H,36,37,40)/i5D,13D2,14D2,21D;5D,21D;1D3,4D,8D2,9D2,10D2,11D2,19D. The van der Waals surface area contributed by atoms with Gasteiger partial charge in [-0.05, 0) is 317 Å². The molecule has 0 spiro atoms. The van der Waals surface area contributed by atoms with E-state index < -0.39 is 98.1 Å². The SMILES string of the molecule is [2H]c1cc(C(=O)NC2=NCc3ccc(Cc4cc(C)cc(F)c4)cc32)c(CC2CC([2H])([2H])OC([2H])([2H])C2)c([2H])c1N1CCN(C)CC1.[2H]c1cc(C(=O)NC2=NCc3ccc(Cc4cc(C)cc(F)c4)cc32)c(CC2CCOCC2)c([2H])c1N1CCN(C)CC1.[2H]c1cc(C(=O)NC2=NCc3ccc(Cc4cc(F)cc(F)c4)cc32)c(CC2CCOCC2)c([2H])c1N1C([2H])([2H])C([2H])([2H])N(C([2H])([2H])[2H])C([2H])([2H])C1([2H])[2H]. The zero-order chi connectivity index (χ0) is 104. The molecule has 0 radical (unpaired) electrons. The number of rotatable bonds is 18. The quantitative estimate of drug-likeness (QED) is 0.0696. The Morgan fingerprint density at radius 2 is 0.748 bits per heavy atom. The summed E-state index contributed by atoms with van der Waals surface area (Å²) in [5.74, 6) is -3.10. The molecule has 9 aromatic carbocycles. The van der Waals surface area contributed by atoms with Crippen LogP contribution in [-0.4, -0.2) is 189 Å². The van der Waals surface area contributed by atoms with Crippen LogP contribution in [0.4, 0.5) is 34.6 Å². The van der Waals surface area contributed by atoms with E-state index >= 15 is 0 Å². The van der Waals surface area contributed by atoms with Crippen molar-refractivity contribution in [2.45, 2.75) is 111 Å². The monoisotopic (exact) mass is 1690 g/mol. The molecule has 6 fully saturated rings. The van der Waals surface area contributed by atoms with Crippen LogP contribution in [0.25, 0.3) is 0 Å². The van der Waals surface area contributed by atoms with Crippen LogP contribution in [0, 0.1) is 54.9 Å². The number of carbonyl (C=O) groups is 3. The van der Waals surface area contributed by atoms with Gasteiger partial charge < -0.3 is 59.6 Å². The Kier molecular flexibility index (Phi) is 20.5. The number of halogens is 4. The van der Waals surface area contributed by atoms with Crippen molar-refractivity contribution in [3.05, 3.63) is 298 Å². The summed E-state index contributed by atoms with van der Waals surface area (Å²) in [7, 11) is 4.10. The van der Waals surface area contributed by atoms with Gasteiger partial charge in [-0.15, -0.1) is 0 Å². The van der Waals surface area contributed by atoms with Gasteiger partial charge in [0, 0.05) is 184 Å². The Balaban J connectivity index is 0.000000156. The van der Waals surface area contributed by atoms with Gasteiger partial charge in [0.15, 0.2) is 0 Å². The number of hydrogen-bond donors (Lipinski definition) is 3. The third-order valence-corrected chi connectivity index (χ3v) is 23.6. The van der Waals surface area contributed by atoms with Crippen molar-refractivity contribution < 1.29 is 74.9 Å². The Morgan fingerprint density at radius 1 is 0.407 bits per heavy atom. The Morgan fingerprint density at radius 3 is 1.11 bits per heavy atom. The minimum absolute atomic E-state index is 0.00332. The fourth-order valence-electron chi connectivity index (χ4n) is 16.9. The molecule has 0 aromatic heterocycles.